The zero-order valence-corrected chi connectivity index (χ0v) is 7.34. The van der Waals surface area contributed by atoms with Crippen molar-refractivity contribution in [2.75, 3.05) is 13.6 Å². The summed E-state index contributed by atoms with van der Waals surface area (Å²) in [6.45, 7) is 0.895. The van der Waals surface area contributed by atoms with Gasteiger partial charge in [0.15, 0.2) is 0 Å². The monoisotopic (exact) mass is 169 g/mol. The maximum atomic E-state index is 10.6. The molecule has 0 aromatic heterocycles. The molecule has 68 valence electrons. The molecule has 0 radical (unpaired) electrons. The van der Waals surface area contributed by atoms with Gasteiger partial charge in [0.05, 0.1) is 5.92 Å². The quantitative estimate of drug-likeness (QED) is 0.620. The third-order valence-electron chi connectivity index (χ3n) is 2.26. The lowest BCUT2D eigenvalue weighted by Crippen LogP contribution is -2.19. The van der Waals surface area contributed by atoms with Crippen molar-refractivity contribution in [3.8, 4) is 0 Å². The predicted octanol–water partition coefficient (Wildman–Crippen LogP) is 1.02. The second-order valence-corrected chi connectivity index (χ2v) is 3.20. The zero-order valence-electron chi connectivity index (χ0n) is 7.34. The van der Waals surface area contributed by atoms with Crippen LogP contribution in [0.25, 0.3) is 0 Å². The molecule has 1 unspecified atom stereocenters. The topological polar surface area (TPSA) is 49.3 Å². The van der Waals surface area contributed by atoms with Crippen LogP contribution in [0.4, 0.5) is 0 Å². The summed E-state index contributed by atoms with van der Waals surface area (Å²) in [6.07, 6.45) is 4.48. The van der Waals surface area contributed by atoms with Crippen molar-refractivity contribution in [1.29, 1.82) is 0 Å². The first kappa shape index (κ1) is 9.26. The second kappa shape index (κ2) is 4.26. The van der Waals surface area contributed by atoms with E-state index in [4.69, 9.17) is 5.11 Å². The maximum Gasteiger partial charge on any atom is 0.306 e. The van der Waals surface area contributed by atoms with Crippen LogP contribution >= 0.6 is 0 Å². The molecule has 3 heteroatoms. The summed E-state index contributed by atoms with van der Waals surface area (Å²) in [5, 5.41) is 11.8. The number of hydrogen-bond donors (Lipinski definition) is 2. The number of aliphatic carboxylic acids is 1. The number of rotatable bonds is 3. The van der Waals surface area contributed by atoms with Crippen LogP contribution in [0.5, 0.6) is 0 Å². The number of carbonyl (C=O) groups is 1. The van der Waals surface area contributed by atoms with Gasteiger partial charge in [0.25, 0.3) is 0 Å². The van der Waals surface area contributed by atoms with E-state index >= 15 is 0 Å². The van der Waals surface area contributed by atoms with Gasteiger partial charge in [-0.2, -0.15) is 0 Å². The Hall–Kier alpha value is -0.830. The van der Waals surface area contributed by atoms with Gasteiger partial charge in [0.1, 0.15) is 0 Å². The van der Waals surface area contributed by atoms with Crippen molar-refractivity contribution in [3.63, 3.8) is 0 Å². The summed E-state index contributed by atoms with van der Waals surface area (Å²) in [5.41, 5.74) is 1.34. The lowest BCUT2D eigenvalue weighted by Gasteiger charge is -2.17. The third-order valence-corrected chi connectivity index (χ3v) is 2.26. The predicted molar refractivity (Wildman–Crippen MR) is 47.0 cm³/mol. The highest BCUT2D eigenvalue weighted by Gasteiger charge is 2.19. The van der Waals surface area contributed by atoms with Gasteiger partial charge < -0.3 is 10.4 Å². The third kappa shape index (κ3) is 2.34. The summed E-state index contributed by atoms with van der Waals surface area (Å²) < 4.78 is 0. The van der Waals surface area contributed by atoms with Gasteiger partial charge >= 0.3 is 5.97 Å². The largest absolute Gasteiger partial charge is 0.481 e. The highest BCUT2D eigenvalue weighted by Crippen LogP contribution is 2.22. The van der Waals surface area contributed by atoms with Crippen LogP contribution in [0.1, 0.15) is 19.3 Å². The first-order valence-corrected chi connectivity index (χ1v) is 4.29. The zero-order chi connectivity index (χ0) is 8.97. The molecule has 0 amide bonds. The van der Waals surface area contributed by atoms with Crippen molar-refractivity contribution in [2.24, 2.45) is 5.92 Å². The standard InChI is InChI=1S/C9H15NO2/c1-10-6-7-2-4-8(5-3-7)9(11)12/h2,8,10H,3-6H2,1H3,(H,11,12). The van der Waals surface area contributed by atoms with Gasteiger partial charge in [0.2, 0.25) is 0 Å². The molecule has 1 aliphatic rings. The summed E-state index contributed by atoms with van der Waals surface area (Å²) >= 11 is 0. The highest BCUT2D eigenvalue weighted by atomic mass is 16.4. The van der Waals surface area contributed by atoms with E-state index in [1.807, 2.05) is 7.05 Å². The number of nitrogens with one attached hydrogen (secondary N) is 1. The molecular weight excluding hydrogens is 154 g/mol. The van der Waals surface area contributed by atoms with Crippen LogP contribution < -0.4 is 5.32 Å². The fourth-order valence-corrected chi connectivity index (χ4v) is 1.50. The number of likely N-dealkylation sites (N-methyl/N-ethyl adjacent to an activating group) is 1. The Bertz CT molecular complexity index is 199. The van der Waals surface area contributed by atoms with Gasteiger partial charge in [-0.05, 0) is 26.3 Å². The fourth-order valence-electron chi connectivity index (χ4n) is 1.50. The lowest BCUT2D eigenvalue weighted by molar-refractivity contribution is -0.141. The van der Waals surface area contributed by atoms with Crippen LogP contribution in [-0.2, 0) is 4.79 Å². The Labute approximate surface area is 72.5 Å². The Morgan fingerprint density at radius 3 is 3.00 bits per heavy atom. The molecule has 1 atom stereocenters. The van der Waals surface area contributed by atoms with Crippen LogP contribution in [0.15, 0.2) is 11.6 Å². The van der Waals surface area contributed by atoms with Gasteiger partial charge in [-0.1, -0.05) is 11.6 Å². The molecule has 0 aliphatic heterocycles. The van der Waals surface area contributed by atoms with E-state index in [1.54, 1.807) is 0 Å². The Morgan fingerprint density at radius 2 is 2.58 bits per heavy atom. The average Bonchev–Trinajstić information content (AvgIpc) is 2.06. The minimum atomic E-state index is -0.658. The molecule has 3 nitrogen and oxygen atoms in total. The molecule has 0 aromatic rings. The molecular formula is C9H15NO2. The van der Waals surface area contributed by atoms with Crippen LogP contribution in [0.2, 0.25) is 0 Å². The van der Waals surface area contributed by atoms with Crippen molar-refractivity contribution < 1.29 is 9.90 Å². The van der Waals surface area contributed by atoms with Gasteiger partial charge in [-0.25, -0.2) is 0 Å². The average molecular weight is 169 g/mol. The smallest absolute Gasteiger partial charge is 0.306 e. The Morgan fingerprint density at radius 1 is 1.83 bits per heavy atom. The molecule has 12 heavy (non-hydrogen) atoms. The molecule has 0 aromatic carbocycles. The van der Waals surface area contributed by atoms with E-state index in [0.717, 1.165) is 19.4 Å². The van der Waals surface area contributed by atoms with Crippen LogP contribution in [0.3, 0.4) is 0 Å². The van der Waals surface area contributed by atoms with E-state index in [-0.39, 0.29) is 5.92 Å². The van der Waals surface area contributed by atoms with Crippen LogP contribution in [-0.4, -0.2) is 24.7 Å². The molecule has 0 fully saturated rings. The van der Waals surface area contributed by atoms with Crippen molar-refractivity contribution in [1.82, 2.24) is 5.32 Å². The number of allylic oxidation sites excluding steroid dienone is 1. The Kier molecular flexibility index (Phi) is 3.29. The summed E-state index contributed by atoms with van der Waals surface area (Å²) in [5.74, 6) is -0.805. The maximum absolute atomic E-state index is 10.6. The summed E-state index contributed by atoms with van der Waals surface area (Å²) in [4.78, 5) is 10.6. The SMILES string of the molecule is CNCC1=CCC(C(=O)O)CC1. The molecule has 0 saturated carbocycles. The molecule has 0 bridgehead atoms. The summed E-state index contributed by atoms with van der Waals surface area (Å²) in [6, 6.07) is 0. The fraction of sp³-hybridized carbons (Fsp3) is 0.667. The molecule has 2 N–H and O–H groups in total. The van der Waals surface area contributed by atoms with Gasteiger partial charge in [-0.3, -0.25) is 4.79 Å². The van der Waals surface area contributed by atoms with E-state index in [1.165, 1.54) is 5.57 Å². The lowest BCUT2D eigenvalue weighted by atomic mass is 9.90. The molecule has 0 saturated heterocycles. The molecule has 0 heterocycles. The van der Waals surface area contributed by atoms with Gasteiger partial charge in [0, 0.05) is 6.54 Å². The molecule has 1 rings (SSSR count). The van der Waals surface area contributed by atoms with E-state index in [0.29, 0.717) is 6.42 Å². The first-order chi connectivity index (χ1) is 5.74. The van der Waals surface area contributed by atoms with Crippen molar-refractivity contribution >= 4 is 5.97 Å². The minimum Gasteiger partial charge on any atom is -0.481 e. The van der Waals surface area contributed by atoms with Gasteiger partial charge in [-0.15, -0.1) is 0 Å². The molecule has 0 spiro atoms. The number of carboxylic acids is 1. The van der Waals surface area contributed by atoms with Crippen LogP contribution in [0, 0.1) is 5.92 Å². The Balaban J connectivity index is 2.42. The highest BCUT2D eigenvalue weighted by molar-refractivity contribution is 5.70. The minimum absolute atomic E-state index is 0.148. The number of carboxylic acid groups (broad SMARTS) is 1. The molecule has 1 aliphatic carbocycles. The summed E-state index contributed by atoms with van der Waals surface area (Å²) in [7, 11) is 1.91. The van der Waals surface area contributed by atoms with E-state index < -0.39 is 5.97 Å². The van der Waals surface area contributed by atoms with Crippen molar-refractivity contribution in [2.45, 2.75) is 19.3 Å². The van der Waals surface area contributed by atoms with Crippen molar-refractivity contribution in [3.05, 3.63) is 11.6 Å². The second-order valence-electron chi connectivity index (χ2n) is 3.20. The number of hydrogen-bond acceptors (Lipinski definition) is 2. The van der Waals surface area contributed by atoms with E-state index in [9.17, 15) is 4.79 Å². The first-order valence-electron chi connectivity index (χ1n) is 4.29. The van der Waals surface area contributed by atoms with E-state index in [2.05, 4.69) is 11.4 Å². The normalized spacial score (nSPS) is 23.4.